The molecule has 0 aromatic heterocycles. The largest absolute Gasteiger partial charge is 0.396 e. The maximum Gasteiger partial charge on any atom is 0.0439 e. The SMILES string of the molecule is CNCc1ccc(SCCCO)c(C)c1. The van der Waals surface area contributed by atoms with Crippen molar-refractivity contribution in [2.75, 3.05) is 19.4 Å². The Balaban J connectivity index is 2.58. The van der Waals surface area contributed by atoms with E-state index >= 15 is 0 Å². The molecule has 0 aliphatic carbocycles. The first kappa shape index (κ1) is 12.6. The van der Waals surface area contributed by atoms with E-state index in [1.165, 1.54) is 16.0 Å². The molecule has 0 aliphatic heterocycles. The van der Waals surface area contributed by atoms with Crippen molar-refractivity contribution in [3.8, 4) is 0 Å². The van der Waals surface area contributed by atoms with Gasteiger partial charge in [0, 0.05) is 23.8 Å². The van der Waals surface area contributed by atoms with Crippen molar-refractivity contribution >= 4 is 11.8 Å². The second-order valence-electron chi connectivity index (χ2n) is 3.56. The summed E-state index contributed by atoms with van der Waals surface area (Å²) < 4.78 is 0. The fourth-order valence-corrected chi connectivity index (χ4v) is 2.38. The summed E-state index contributed by atoms with van der Waals surface area (Å²) in [4.78, 5) is 1.32. The summed E-state index contributed by atoms with van der Waals surface area (Å²) >= 11 is 1.82. The van der Waals surface area contributed by atoms with Crippen molar-refractivity contribution in [3.05, 3.63) is 29.3 Å². The van der Waals surface area contributed by atoms with E-state index in [2.05, 4.69) is 30.4 Å². The Bertz CT molecular complexity index is 302. The van der Waals surface area contributed by atoms with E-state index in [4.69, 9.17) is 5.11 Å². The molecule has 2 nitrogen and oxygen atoms in total. The second-order valence-corrected chi connectivity index (χ2v) is 4.69. The third kappa shape index (κ3) is 4.24. The predicted molar refractivity (Wildman–Crippen MR) is 66.4 cm³/mol. The zero-order valence-electron chi connectivity index (χ0n) is 9.42. The molecule has 0 unspecified atom stereocenters. The molecular weight excluding hydrogens is 206 g/mol. The summed E-state index contributed by atoms with van der Waals surface area (Å²) in [6.07, 6.45) is 0.863. The van der Waals surface area contributed by atoms with Crippen LogP contribution in [0.3, 0.4) is 0 Å². The summed E-state index contributed by atoms with van der Waals surface area (Å²) in [6, 6.07) is 6.55. The minimum absolute atomic E-state index is 0.282. The number of nitrogens with one attached hydrogen (secondary N) is 1. The van der Waals surface area contributed by atoms with Crippen LogP contribution in [0.25, 0.3) is 0 Å². The Morgan fingerprint density at radius 1 is 1.40 bits per heavy atom. The predicted octanol–water partition coefficient (Wildman–Crippen LogP) is 2.19. The van der Waals surface area contributed by atoms with Crippen molar-refractivity contribution in [1.29, 1.82) is 0 Å². The number of aliphatic hydroxyl groups is 1. The molecule has 1 rings (SSSR count). The summed E-state index contributed by atoms with van der Waals surface area (Å²) in [6.45, 7) is 3.34. The monoisotopic (exact) mass is 225 g/mol. The summed E-state index contributed by atoms with van der Waals surface area (Å²) in [5.41, 5.74) is 2.65. The van der Waals surface area contributed by atoms with Gasteiger partial charge in [-0.05, 0) is 37.6 Å². The van der Waals surface area contributed by atoms with E-state index in [1.54, 1.807) is 0 Å². The standard InChI is InChI=1S/C12H19NOS/c1-10-8-11(9-13-2)4-5-12(10)15-7-3-6-14/h4-5,8,13-14H,3,6-7,9H2,1-2H3. The quantitative estimate of drug-likeness (QED) is 0.575. The van der Waals surface area contributed by atoms with E-state index in [-0.39, 0.29) is 6.61 Å². The molecule has 84 valence electrons. The van der Waals surface area contributed by atoms with Gasteiger partial charge in [-0.15, -0.1) is 11.8 Å². The number of aliphatic hydroxyl groups excluding tert-OH is 1. The van der Waals surface area contributed by atoms with Crippen LogP contribution in [0.1, 0.15) is 17.5 Å². The molecule has 0 heterocycles. The van der Waals surface area contributed by atoms with Crippen molar-refractivity contribution in [2.24, 2.45) is 0 Å². The number of benzene rings is 1. The molecule has 0 saturated carbocycles. The van der Waals surface area contributed by atoms with Crippen molar-refractivity contribution in [3.63, 3.8) is 0 Å². The number of hydrogen-bond donors (Lipinski definition) is 2. The summed E-state index contributed by atoms with van der Waals surface area (Å²) in [7, 11) is 1.96. The zero-order valence-corrected chi connectivity index (χ0v) is 10.2. The van der Waals surface area contributed by atoms with Gasteiger partial charge >= 0.3 is 0 Å². The lowest BCUT2D eigenvalue weighted by Crippen LogP contribution is -2.05. The first-order chi connectivity index (χ1) is 7.27. The number of thioether (sulfide) groups is 1. The van der Waals surface area contributed by atoms with Gasteiger partial charge in [-0.2, -0.15) is 0 Å². The van der Waals surface area contributed by atoms with Crippen LogP contribution in [-0.4, -0.2) is 24.5 Å². The highest BCUT2D eigenvalue weighted by Gasteiger charge is 2.00. The van der Waals surface area contributed by atoms with Gasteiger partial charge in [0.2, 0.25) is 0 Å². The Labute approximate surface area is 96.1 Å². The Morgan fingerprint density at radius 3 is 2.80 bits per heavy atom. The van der Waals surface area contributed by atoms with Crippen molar-refractivity contribution in [2.45, 2.75) is 24.8 Å². The fraction of sp³-hybridized carbons (Fsp3) is 0.500. The fourth-order valence-electron chi connectivity index (χ4n) is 1.43. The van der Waals surface area contributed by atoms with Crippen LogP contribution < -0.4 is 5.32 Å². The normalized spacial score (nSPS) is 10.6. The summed E-state index contributed by atoms with van der Waals surface area (Å²) in [5.74, 6) is 0.989. The third-order valence-electron chi connectivity index (χ3n) is 2.18. The third-order valence-corrected chi connectivity index (χ3v) is 3.44. The lowest BCUT2D eigenvalue weighted by molar-refractivity contribution is 0.296. The Hall–Kier alpha value is -0.510. The summed E-state index contributed by atoms with van der Waals surface area (Å²) in [5, 5.41) is 11.8. The Kier molecular flexibility index (Phi) is 5.76. The minimum atomic E-state index is 0.282. The van der Waals surface area contributed by atoms with E-state index in [1.807, 2.05) is 18.8 Å². The van der Waals surface area contributed by atoms with E-state index in [9.17, 15) is 0 Å². The maximum absolute atomic E-state index is 8.71. The van der Waals surface area contributed by atoms with Gasteiger partial charge in [0.1, 0.15) is 0 Å². The maximum atomic E-state index is 8.71. The van der Waals surface area contributed by atoms with E-state index < -0.39 is 0 Å². The highest BCUT2D eigenvalue weighted by Crippen LogP contribution is 2.23. The van der Waals surface area contributed by atoms with Crippen molar-refractivity contribution < 1.29 is 5.11 Å². The molecule has 1 aromatic carbocycles. The number of hydrogen-bond acceptors (Lipinski definition) is 3. The number of aryl methyl sites for hydroxylation is 1. The molecule has 3 heteroatoms. The van der Waals surface area contributed by atoms with Gasteiger partial charge in [0.25, 0.3) is 0 Å². The van der Waals surface area contributed by atoms with Crippen LogP contribution in [-0.2, 0) is 6.54 Å². The molecule has 15 heavy (non-hydrogen) atoms. The van der Waals surface area contributed by atoms with Crippen molar-refractivity contribution in [1.82, 2.24) is 5.32 Å². The molecule has 0 bridgehead atoms. The van der Waals surface area contributed by atoms with Crippen LogP contribution in [0.15, 0.2) is 23.1 Å². The molecule has 0 radical (unpaired) electrons. The molecule has 0 atom stereocenters. The average Bonchev–Trinajstić information content (AvgIpc) is 2.22. The molecule has 0 amide bonds. The molecule has 0 saturated heterocycles. The lowest BCUT2D eigenvalue weighted by atomic mass is 10.1. The Morgan fingerprint density at radius 2 is 2.20 bits per heavy atom. The minimum Gasteiger partial charge on any atom is -0.396 e. The highest BCUT2D eigenvalue weighted by atomic mass is 32.2. The van der Waals surface area contributed by atoms with Gasteiger partial charge in [-0.3, -0.25) is 0 Å². The van der Waals surface area contributed by atoms with Crippen LogP contribution >= 0.6 is 11.8 Å². The highest BCUT2D eigenvalue weighted by molar-refractivity contribution is 7.99. The first-order valence-corrected chi connectivity index (χ1v) is 6.24. The lowest BCUT2D eigenvalue weighted by Gasteiger charge is -2.07. The van der Waals surface area contributed by atoms with Crippen LogP contribution in [0, 0.1) is 6.92 Å². The molecule has 0 fully saturated rings. The van der Waals surface area contributed by atoms with Gasteiger partial charge in [-0.1, -0.05) is 12.1 Å². The van der Waals surface area contributed by atoms with E-state index in [0.29, 0.717) is 0 Å². The smallest absolute Gasteiger partial charge is 0.0439 e. The van der Waals surface area contributed by atoms with Crippen LogP contribution in [0.4, 0.5) is 0 Å². The van der Waals surface area contributed by atoms with Gasteiger partial charge < -0.3 is 10.4 Å². The first-order valence-electron chi connectivity index (χ1n) is 5.25. The zero-order chi connectivity index (χ0) is 11.1. The van der Waals surface area contributed by atoms with E-state index in [0.717, 1.165) is 18.7 Å². The average molecular weight is 225 g/mol. The second kappa shape index (κ2) is 6.88. The molecule has 1 aromatic rings. The van der Waals surface area contributed by atoms with Crippen LogP contribution in [0.2, 0.25) is 0 Å². The number of rotatable bonds is 6. The molecular formula is C12H19NOS. The van der Waals surface area contributed by atoms with Crippen LogP contribution in [0.5, 0.6) is 0 Å². The topological polar surface area (TPSA) is 32.3 Å². The molecule has 0 aliphatic rings. The van der Waals surface area contributed by atoms with Gasteiger partial charge in [-0.25, -0.2) is 0 Å². The molecule has 0 spiro atoms. The van der Waals surface area contributed by atoms with Gasteiger partial charge in [0.05, 0.1) is 0 Å². The van der Waals surface area contributed by atoms with Gasteiger partial charge in [0.15, 0.2) is 0 Å². The molecule has 2 N–H and O–H groups in total.